The summed E-state index contributed by atoms with van der Waals surface area (Å²) in [6, 6.07) is 0. The minimum Gasteiger partial charge on any atom is -0.481 e. The Bertz CT molecular complexity index is 186. The van der Waals surface area contributed by atoms with Gasteiger partial charge in [-0.3, -0.25) is 4.79 Å². The quantitative estimate of drug-likeness (QED) is 0.474. The topological polar surface area (TPSA) is 107 Å². The van der Waals surface area contributed by atoms with Gasteiger partial charge in [0, 0.05) is 24.8 Å². The fraction of sp³-hybridized carbons (Fsp3) is 0.500. The summed E-state index contributed by atoms with van der Waals surface area (Å²) in [7, 11) is 0. The number of allylic oxidation sites excluding steroid dienone is 1. The van der Waals surface area contributed by atoms with Crippen LogP contribution in [0.4, 0.5) is 0 Å². The van der Waals surface area contributed by atoms with E-state index in [-0.39, 0.29) is 12.5 Å². The van der Waals surface area contributed by atoms with Crippen molar-refractivity contribution in [3.8, 4) is 0 Å². The predicted octanol–water partition coefficient (Wildman–Crippen LogP) is 0.198. The van der Waals surface area contributed by atoms with Crippen LogP contribution in [0.15, 0.2) is 11.8 Å². The summed E-state index contributed by atoms with van der Waals surface area (Å²) in [4.78, 5) is 9.00. The molecule has 0 aliphatic carbocycles. The molecule has 1 unspecified atom stereocenters. The SMILES string of the molecule is CC(=O)O.CC(CO)/C(N)=C/C=N. The van der Waals surface area contributed by atoms with Crippen molar-refractivity contribution in [2.75, 3.05) is 6.61 Å². The molecule has 5 N–H and O–H groups in total. The van der Waals surface area contributed by atoms with Crippen LogP contribution < -0.4 is 5.73 Å². The average molecular weight is 188 g/mol. The number of hydrogen-bond acceptors (Lipinski definition) is 4. The number of carboxylic acids is 1. The number of carbonyl (C=O) groups is 1. The minimum absolute atomic E-state index is 0.0356. The summed E-state index contributed by atoms with van der Waals surface area (Å²) in [6.45, 7) is 2.92. The smallest absolute Gasteiger partial charge is 0.300 e. The van der Waals surface area contributed by atoms with Gasteiger partial charge in [0.25, 0.3) is 5.97 Å². The number of rotatable bonds is 3. The number of hydrogen-bond donors (Lipinski definition) is 4. The van der Waals surface area contributed by atoms with Crippen LogP contribution in [-0.2, 0) is 4.79 Å². The molecule has 13 heavy (non-hydrogen) atoms. The van der Waals surface area contributed by atoms with Crippen molar-refractivity contribution < 1.29 is 15.0 Å². The molecule has 0 aliphatic rings. The van der Waals surface area contributed by atoms with Gasteiger partial charge >= 0.3 is 0 Å². The zero-order valence-electron chi connectivity index (χ0n) is 7.82. The molecule has 5 nitrogen and oxygen atoms in total. The number of nitrogens with two attached hydrogens (primary N) is 1. The fourth-order valence-corrected chi connectivity index (χ4v) is 0.366. The molecule has 0 saturated heterocycles. The van der Waals surface area contributed by atoms with Crippen molar-refractivity contribution in [1.82, 2.24) is 0 Å². The van der Waals surface area contributed by atoms with Crippen LogP contribution in [-0.4, -0.2) is 29.0 Å². The van der Waals surface area contributed by atoms with Crippen molar-refractivity contribution in [2.24, 2.45) is 11.7 Å². The van der Waals surface area contributed by atoms with Gasteiger partial charge in [-0.15, -0.1) is 0 Å². The molecule has 76 valence electrons. The average Bonchev–Trinajstić information content (AvgIpc) is 2.02. The maximum Gasteiger partial charge on any atom is 0.300 e. The minimum atomic E-state index is -0.833. The van der Waals surface area contributed by atoms with Crippen LogP contribution in [0.5, 0.6) is 0 Å². The Morgan fingerprint density at radius 1 is 1.69 bits per heavy atom. The lowest BCUT2D eigenvalue weighted by Gasteiger charge is -2.05. The van der Waals surface area contributed by atoms with E-state index in [9.17, 15) is 0 Å². The van der Waals surface area contributed by atoms with Gasteiger partial charge in [-0.05, 0) is 6.08 Å². The predicted molar refractivity (Wildman–Crippen MR) is 50.6 cm³/mol. The van der Waals surface area contributed by atoms with Gasteiger partial charge in [-0.1, -0.05) is 6.92 Å². The van der Waals surface area contributed by atoms with Crippen LogP contribution in [0.3, 0.4) is 0 Å². The van der Waals surface area contributed by atoms with E-state index < -0.39 is 5.97 Å². The van der Waals surface area contributed by atoms with Crippen molar-refractivity contribution in [3.05, 3.63) is 11.8 Å². The highest BCUT2D eigenvalue weighted by Gasteiger charge is 1.99. The van der Waals surface area contributed by atoms with Crippen LogP contribution in [0.2, 0.25) is 0 Å². The normalized spacial score (nSPS) is 12.4. The van der Waals surface area contributed by atoms with Gasteiger partial charge in [0.15, 0.2) is 0 Å². The first-order valence-electron chi connectivity index (χ1n) is 3.72. The van der Waals surface area contributed by atoms with E-state index >= 15 is 0 Å². The van der Waals surface area contributed by atoms with Gasteiger partial charge in [-0.25, -0.2) is 0 Å². The van der Waals surface area contributed by atoms with E-state index in [4.69, 9.17) is 26.2 Å². The molecule has 0 rings (SSSR count). The van der Waals surface area contributed by atoms with Crippen molar-refractivity contribution in [3.63, 3.8) is 0 Å². The fourth-order valence-electron chi connectivity index (χ4n) is 0.366. The van der Waals surface area contributed by atoms with Gasteiger partial charge in [0.1, 0.15) is 0 Å². The summed E-state index contributed by atoms with van der Waals surface area (Å²) >= 11 is 0. The third-order valence-corrected chi connectivity index (χ3v) is 1.12. The molecule has 0 bridgehead atoms. The number of aliphatic carboxylic acids is 1. The molecule has 1 atom stereocenters. The summed E-state index contributed by atoms with van der Waals surface area (Å²) in [5, 5.41) is 22.6. The van der Waals surface area contributed by atoms with Gasteiger partial charge in [0.05, 0.1) is 6.61 Å². The highest BCUT2D eigenvalue weighted by atomic mass is 16.4. The summed E-state index contributed by atoms with van der Waals surface area (Å²) in [5.41, 5.74) is 5.94. The van der Waals surface area contributed by atoms with E-state index in [0.717, 1.165) is 13.1 Å². The van der Waals surface area contributed by atoms with E-state index in [1.807, 2.05) is 0 Å². The van der Waals surface area contributed by atoms with E-state index in [1.54, 1.807) is 6.92 Å². The lowest BCUT2D eigenvalue weighted by atomic mass is 10.1. The lowest BCUT2D eigenvalue weighted by Crippen LogP contribution is -2.12. The molecule has 0 fully saturated rings. The Balaban J connectivity index is 0. The molecule has 0 spiro atoms. The molecular weight excluding hydrogens is 172 g/mol. The number of aliphatic hydroxyl groups is 1. The molecule has 0 aromatic heterocycles. The third kappa shape index (κ3) is 13.6. The molecule has 0 heterocycles. The maximum atomic E-state index is 9.00. The zero-order valence-corrected chi connectivity index (χ0v) is 7.82. The lowest BCUT2D eigenvalue weighted by molar-refractivity contribution is -0.134. The summed E-state index contributed by atoms with van der Waals surface area (Å²) in [5.74, 6) is -0.869. The van der Waals surface area contributed by atoms with Crippen molar-refractivity contribution >= 4 is 12.2 Å². The van der Waals surface area contributed by atoms with Crippen LogP contribution >= 0.6 is 0 Å². The Morgan fingerprint density at radius 2 is 2.08 bits per heavy atom. The monoisotopic (exact) mass is 188 g/mol. The molecule has 5 heteroatoms. The zero-order chi connectivity index (χ0) is 10.9. The molecule has 0 aromatic carbocycles. The Kier molecular flexibility index (Phi) is 9.53. The van der Waals surface area contributed by atoms with Crippen LogP contribution in [0.25, 0.3) is 0 Å². The Labute approximate surface area is 77.4 Å². The standard InChI is InChI=1S/C6H12N2O.C2H4O2/c1-5(4-9)6(8)2-3-7;1-2(3)4/h2-3,5,7,9H,4,8H2,1H3;1H3,(H,3,4)/b6-2-,7-3?;. The highest BCUT2D eigenvalue weighted by Crippen LogP contribution is 2.00. The van der Waals surface area contributed by atoms with E-state index in [0.29, 0.717) is 5.70 Å². The Hall–Kier alpha value is -1.36. The molecule has 0 saturated carbocycles. The highest BCUT2D eigenvalue weighted by molar-refractivity contribution is 5.68. The second kappa shape index (κ2) is 8.73. The third-order valence-electron chi connectivity index (χ3n) is 1.12. The first-order valence-corrected chi connectivity index (χ1v) is 3.72. The van der Waals surface area contributed by atoms with Crippen LogP contribution in [0, 0.1) is 11.3 Å². The number of aliphatic hydroxyl groups excluding tert-OH is 1. The Morgan fingerprint density at radius 3 is 2.31 bits per heavy atom. The van der Waals surface area contributed by atoms with Gasteiger partial charge < -0.3 is 21.4 Å². The number of nitrogens with one attached hydrogen (secondary N) is 1. The molecule has 0 amide bonds. The summed E-state index contributed by atoms with van der Waals surface area (Å²) in [6.07, 6.45) is 2.59. The first kappa shape index (κ1) is 14.2. The van der Waals surface area contributed by atoms with E-state index in [1.165, 1.54) is 6.08 Å². The van der Waals surface area contributed by atoms with Gasteiger partial charge in [-0.2, -0.15) is 0 Å². The van der Waals surface area contributed by atoms with E-state index in [2.05, 4.69) is 0 Å². The first-order chi connectivity index (χ1) is 5.95. The molecule has 0 aliphatic heterocycles. The molecule has 0 aromatic rings. The second-order valence-corrected chi connectivity index (χ2v) is 2.44. The maximum absolute atomic E-state index is 9.00. The van der Waals surface area contributed by atoms with Gasteiger partial charge in [0.2, 0.25) is 0 Å². The number of carboxylic acid groups (broad SMARTS) is 1. The van der Waals surface area contributed by atoms with Crippen molar-refractivity contribution in [2.45, 2.75) is 13.8 Å². The summed E-state index contributed by atoms with van der Waals surface area (Å²) < 4.78 is 0. The van der Waals surface area contributed by atoms with Crippen molar-refractivity contribution in [1.29, 1.82) is 5.41 Å². The molecular formula is C8H16N2O3. The van der Waals surface area contributed by atoms with Crippen LogP contribution in [0.1, 0.15) is 13.8 Å². The second-order valence-electron chi connectivity index (χ2n) is 2.44. The largest absolute Gasteiger partial charge is 0.481 e. The molecule has 0 radical (unpaired) electrons.